The number of aryl methyl sites for hydroxylation is 1. The lowest BCUT2D eigenvalue weighted by atomic mass is 10.1. The molecule has 0 spiro atoms. The highest BCUT2D eigenvalue weighted by atomic mass is 79.9. The molecule has 19 heavy (non-hydrogen) atoms. The topological polar surface area (TPSA) is 47.3 Å². The third-order valence-corrected chi connectivity index (χ3v) is 3.74. The number of aliphatic hydroxyl groups excluding tert-OH is 1. The van der Waals surface area contributed by atoms with Crippen LogP contribution in [0.15, 0.2) is 22.7 Å². The van der Waals surface area contributed by atoms with Crippen molar-refractivity contribution >= 4 is 15.9 Å². The molecule has 4 nitrogen and oxygen atoms in total. The third-order valence-electron chi connectivity index (χ3n) is 3.12. The molecule has 2 aromatic rings. The summed E-state index contributed by atoms with van der Waals surface area (Å²) in [4.78, 5) is 4.50. The Hall–Kier alpha value is -1.33. The van der Waals surface area contributed by atoms with Crippen LogP contribution in [0.2, 0.25) is 0 Å². The predicted octanol–water partition coefficient (Wildman–Crippen LogP) is 2.70. The van der Waals surface area contributed by atoms with E-state index in [1.807, 2.05) is 36.7 Å². The predicted molar refractivity (Wildman–Crippen MR) is 78.4 cm³/mol. The summed E-state index contributed by atoms with van der Waals surface area (Å²) in [5.74, 6) is 1.70. The summed E-state index contributed by atoms with van der Waals surface area (Å²) in [6, 6.07) is 5.96. The number of ether oxygens (including phenoxy) is 1. The van der Waals surface area contributed by atoms with Crippen molar-refractivity contribution in [1.82, 2.24) is 9.55 Å². The molecule has 1 aromatic heterocycles. The molecule has 0 saturated heterocycles. The van der Waals surface area contributed by atoms with Crippen LogP contribution < -0.4 is 4.74 Å². The van der Waals surface area contributed by atoms with E-state index in [1.54, 1.807) is 7.11 Å². The lowest BCUT2D eigenvalue weighted by molar-refractivity contribution is 0.295. The van der Waals surface area contributed by atoms with Gasteiger partial charge < -0.3 is 14.4 Å². The molecule has 0 saturated carbocycles. The smallest absolute Gasteiger partial charge is 0.133 e. The Bertz CT molecular complexity index is 593. The number of methoxy groups -OCH3 is 1. The van der Waals surface area contributed by atoms with E-state index in [-0.39, 0.29) is 6.61 Å². The van der Waals surface area contributed by atoms with E-state index in [1.165, 1.54) is 0 Å². The number of hydrogen-bond acceptors (Lipinski definition) is 3. The zero-order valence-corrected chi connectivity index (χ0v) is 12.9. The van der Waals surface area contributed by atoms with E-state index >= 15 is 0 Å². The molecule has 1 aromatic carbocycles. The molecule has 1 N–H and O–H groups in total. The Balaban J connectivity index is 2.49. The molecule has 0 aliphatic carbocycles. The van der Waals surface area contributed by atoms with Gasteiger partial charge in [0.1, 0.15) is 11.6 Å². The standard InChI is InChI=1S/C14H17BrN2O2/c1-9-14(17(2)13(16-9)6-7-18)10-4-5-12(19-3)11(15)8-10/h4-5,8,18H,6-7H2,1-3H3. The Morgan fingerprint density at radius 2 is 2.16 bits per heavy atom. The van der Waals surface area contributed by atoms with Gasteiger partial charge in [-0.2, -0.15) is 0 Å². The quantitative estimate of drug-likeness (QED) is 0.940. The van der Waals surface area contributed by atoms with Crippen molar-refractivity contribution in [1.29, 1.82) is 0 Å². The molecule has 102 valence electrons. The lowest BCUT2D eigenvalue weighted by Gasteiger charge is -2.09. The van der Waals surface area contributed by atoms with Crippen molar-refractivity contribution in [2.75, 3.05) is 13.7 Å². The van der Waals surface area contributed by atoms with Gasteiger partial charge in [0, 0.05) is 19.0 Å². The number of benzene rings is 1. The first-order chi connectivity index (χ1) is 9.08. The van der Waals surface area contributed by atoms with Gasteiger partial charge in [-0.1, -0.05) is 0 Å². The van der Waals surface area contributed by atoms with E-state index in [0.717, 1.165) is 33.0 Å². The zero-order chi connectivity index (χ0) is 14.0. The summed E-state index contributed by atoms with van der Waals surface area (Å²) in [7, 11) is 3.62. The van der Waals surface area contributed by atoms with Gasteiger partial charge in [0.2, 0.25) is 0 Å². The van der Waals surface area contributed by atoms with Crippen molar-refractivity contribution < 1.29 is 9.84 Å². The normalized spacial score (nSPS) is 10.8. The minimum atomic E-state index is 0.107. The fourth-order valence-electron chi connectivity index (χ4n) is 2.23. The molecule has 0 aliphatic heterocycles. The first-order valence-electron chi connectivity index (χ1n) is 6.05. The highest BCUT2D eigenvalue weighted by Crippen LogP contribution is 2.32. The Morgan fingerprint density at radius 1 is 1.42 bits per heavy atom. The van der Waals surface area contributed by atoms with Gasteiger partial charge in [-0.15, -0.1) is 0 Å². The number of hydrogen-bond donors (Lipinski definition) is 1. The van der Waals surface area contributed by atoms with Crippen LogP contribution in [-0.4, -0.2) is 28.4 Å². The number of aliphatic hydroxyl groups is 1. The molecule has 0 amide bonds. The second-order valence-electron chi connectivity index (χ2n) is 4.34. The minimum absolute atomic E-state index is 0.107. The number of nitrogens with zero attached hydrogens (tertiary/aromatic N) is 2. The van der Waals surface area contributed by atoms with Gasteiger partial charge in [0.05, 0.1) is 29.6 Å². The van der Waals surface area contributed by atoms with E-state index in [4.69, 9.17) is 9.84 Å². The van der Waals surface area contributed by atoms with Crippen molar-refractivity contribution in [3.05, 3.63) is 34.2 Å². The molecule has 5 heteroatoms. The van der Waals surface area contributed by atoms with Crippen LogP contribution in [0.25, 0.3) is 11.3 Å². The van der Waals surface area contributed by atoms with Crippen molar-refractivity contribution in [3.63, 3.8) is 0 Å². The number of rotatable bonds is 4. The average Bonchev–Trinajstić information content (AvgIpc) is 2.65. The van der Waals surface area contributed by atoms with Crippen LogP contribution >= 0.6 is 15.9 Å². The molecular weight excluding hydrogens is 308 g/mol. The molecule has 0 aliphatic rings. The molecule has 0 radical (unpaired) electrons. The molecular formula is C14H17BrN2O2. The number of imidazole rings is 1. The fourth-order valence-corrected chi connectivity index (χ4v) is 2.77. The number of halogens is 1. The maximum Gasteiger partial charge on any atom is 0.133 e. The summed E-state index contributed by atoms with van der Waals surface area (Å²) >= 11 is 3.50. The van der Waals surface area contributed by atoms with E-state index < -0.39 is 0 Å². The third kappa shape index (κ3) is 2.67. The monoisotopic (exact) mass is 324 g/mol. The van der Waals surface area contributed by atoms with Gasteiger partial charge >= 0.3 is 0 Å². The van der Waals surface area contributed by atoms with Gasteiger partial charge in [-0.05, 0) is 41.1 Å². The highest BCUT2D eigenvalue weighted by Gasteiger charge is 2.14. The molecule has 1 heterocycles. The highest BCUT2D eigenvalue weighted by molar-refractivity contribution is 9.10. The maximum atomic E-state index is 9.05. The van der Waals surface area contributed by atoms with Gasteiger partial charge in [0.25, 0.3) is 0 Å². The fraction of sp³-hybridized carbons (Fsp3) is 0.357. The Labute approximate surface area is 121 Å². The second kappa shape index (κ2) is 5.75. The summed E-state index contributed by atoms with van der Waals surface area (Å²) < 4.78 is 8.18. The van der Waals surface area contributed by atoms with Crippen LogP contribution in [-0.2, 0) is 13.5 Å². The minimum Gasteiger partial charge on any atom is -0.496 e. The zero-order valence-electron chi connectivity index (χ0n) is 11.3. The molecule has 0 unspecified atom stereocenters. The van der Waals surface area contributed by atoms with E-state index in [2.05, 4.69) is 20.9 Å². The van der Waals surface area contributed by atoms with Crippen LogP contribution in [0.1, 0.15) is 11.5 Å². The Kier molecular flexibility index (Phi) is 4.27. The lowest BCUT2D eigenvalue weighted by Crippen LogP contribution is -2.02. The molecule has 0 bridgehead atoms. The average molecular weight is 325 g/mol. The van der Waals surface area contributed by atoms with E-state index in [0.29, 0.717) is 6.42 Å². The maximum absolute atomic E-state index is 9.05. The van der Waals surface area contributed by atoms with Crippen molar-refractivity contribution in [2.45, 2.75) is 13.3 Å². The van der Waals surface area contributed by atoms with Gasteiger partial charge in [-0.25, -0.2) is 4.98 Å². The van der Waals surface area contributed by atoms with Crippen LogP contribution in [0.4, 0.5) is 0 Å². The summed E-state index contributed by atoms with van der Waals surface area (Å²) in [6.45, 7) is 2.09. The van der Waals surface area contributed by atoms with Crippen LogP contribution in [0.3, 0.4) is 0 Å². The summed E-state index contributed by atoms with van der Waals surface area (Å²) in [5.41, 5.74) is 3.10. The van der Waals surface area contributed by atoms with Crippen molar-refractivity contribution in [3.8, 4) is 17.0 Å². The second-order valence-corrected chi connectivity index (χ2v) is 5.20. The molecule has 2 rings (SSSR count). The summed E-state index contributed by atoms with van der Waals surface area (Å²) in [5, 5.41) is 9.05. The van der Waals surface area contributed by atoms with Gasteiger partial charge in [0.15, 0.2) is 0 Å². The molecule has 0 atom stereocenters. The largest absolute Gasteiger partial charge is 0.496 e. The summed E-state index contributed by atoms with van der Waals surface area (Å²) in [6.07, 6.45) is 0.564. The first kappa shape index (κ1) is 14.1. The Morgan fingerprint density at radius 3 is 2.74 bits per heavy atom. The van der Waals surface area contributed by atoms with Crippen LogP contribution in [0, 0.1) is 6.92 Å². The van der Waals surface area contributed by atoms with Crippen LogP contribution in [0.5, 0.6) is 5.75 Å². The molecule has 0 fully saturated rings. The SMILES string of the molecule is COc1ccc(-c2c(C)nc(CCO)n2C)cc1Br. The number of aromatic nitrogens is 2. The van der Waals surface area contributed by atoms with E-state index in [9.17, 15) is 0 Å². The van der Waals surface area contributed by atoms with Gasteiger partial charge in [-0.3, -0.25) is 0 Å². The van der Waals surface area contributed by atoms with Crippen molar-refractivity contribution in [2.24, 2.45) is 7.05 Å². The first-order valence-corrected chi connectivity index (χ1v) is 6.84.